The molecule has 0 radical (unpaired) electrons. The molecular weight excluding hydrogens is 235 g/mol. The van der Waals surface area contributed by atoms with Crippen LogP contribution in [0.25, 0.3) is 0 Å². The Labute approximate surface area is 85.1 Å². The molecule has 0 aliphatic rings. The molecule has 1 aromatic carbocycles. The van der Waals surface area contributed by atoms with Crippen LogP contribution in [0.3, 0.4) is 0 Å². The van der Waals surface area contributed by atoms with Crippen molar-refractivity contribution in [1.82, 2.24) is 0 Å². The van der Waals surface area contributed by atoms with Gasteiger partial charge in [-0.2, -0.15) is 0 Å². The van der Waals surface area contributed by atoms with E-state index in [-0.39, 0.29) is 5.78 Å². The van der Waals surface area contributed by atoms with Crippen molar-refractivity contribution in [3.8, 4) is 0 Å². The molecule has 0 aliphatic heterocycles. The minimum atomic E-state index is -0.550. The highest BCUT2D eigenvalue weighted by molar-refractivity contribution is 9.10. The Morgan fingerprint density at radius 2 is 2.23 bits per heavy atom. The Balaban J connectivity index is 3.15. The Hall–Kier alpha value is -0.700. The highest BCUT2D eigenvalue weighted by atomic mass is 79.9. The lowest BCUT2D eigenvalue weighted by molar-refractivity contribution is 0.0987. The van der Waals surface area contributed by atoms with Gasteiger partial charge in [0.1, 0.15) is 6.67 Å². The summed E-state index contributed by atoms with van der Waals surface area (Å²) in [4.78, 5) is 11.3. The number of Topliss-reactive ketones (excluding diaryl/α,β-unsaturated/α-hetero) is 1. The van der Waals surface area contributed by atoms with Crippen LogP contribution in [0.5, 0.6) is 0 Å². The molecular formula is C10H10BrFO. The third-order valence-corrected chi connectivity index (χ3v) is 2.78. The first kappa shape index (κ1) is 10.4. The van der Waals surface area contributed by atoms with E-state index in [4.69, 9.17) is 0 Å². The average molecular weight is 245 g/mol. The van der Waals surface area contributed by atoms with Gasteiger partial charge in [-0.25, -0.2) is 4.39 Å². The molecule has 0 saturated carbocycles. The third-order valence-electron chi connectivity index (χ3n) is 1.84. The van der Waals surface area contributed by atoms with Crippen LogP contribution in [0.1, 0.15) is 29.3 Å². The zero-order valence-electron chi connectivity index (χ0n) is 7.31. The molecule has 0 fully saturated rings. The summed E-state index contributed by atoms with van der Waals surface area (Å²) in [7, 11) is 0. The Morgan fingerprint density at radius 3 is 2.77 bits per heavy atom. The second-order valence-corrected chi connectivity index (χ2v) is 3.48. The van der Waals surface area contributed by atoms with E-state index in [1.54, 1.807) is 25.1 Å². The van der Waals surface area contributed by atoms with Crippen LogP contribution in [-0.2, 0) is 6.67 Å². The van der Waals surface area contributed by atoms with Gasteiger partial charge in [0.2, 0.25) is 0 Å². The molecule has 70 valence electrons. The first-order valence-corrected chi connectivity index (χ1v) is 4.86. The van der Waals surface area contributed by atoms with Crippen molar-refractivity contribution in [3.05, 3.63) is 33.8 Å². The van der Waals surface area contributed by atoms with Crippen molar-refractivity contribution in [2.45, 2.75) is 20.0 Å². The number of hydrogen-bond donors (Lipinski definition) is 0. The number of carbonyl (C=O) groups excluding carboxylic acids is 1. The molecule has 0 N–H and O–H groups in total. The normalized spacial score (nSPS) is 10.1. The molecule has 1 nitrogen and oxygen atoms in total. The number of benzene rings is 1. The quantitative estimate of drug-likeness (QED) is 0.744. The molecule has 0 amide bonds. The van der Waals surface area contributed by atoms with E-state index in [0.717, 1.165) is 0 Å². The summed E-state index contributed by atoms with van der Waals surface area (Å²) in [6.45, 7) is 1.24. The molecule has 0 unspecified atom stereocenters. The lowest BCUT2D eigenvalue weighted by Gasteiger charge is -2.04. The van der Waals surface area contributed by atoms with Crippen molar-refractivity contribution in [1.29, 1.82) is 0 Å². The maximum atomic E-state index is 12.4. The summed E-state index contributed by atoms with van der Waals surface area (Å²) in [6.07, 6.45) is 0.439. The van der Waals surface area contributed by atoms with Crippen LogP contribution in [0.2, 0.25) is 0 Å². The van der Waals surface area contributed by atoms with Gasteiger partial charge in [0, 0.05) is 16.5 Å². The number of carbonyl (C=O) groups is 1. The van der Waals surface area contributed by atoms with Crippen LogP contribution in [-0.4, -0.2) is 5.78 Å². The number of hydrogen-bond acceptors (Lipinski definition) is 1. The number of rotatable bonds is 3. The fourth-order valence-corrected chi connectivity index (χ4v) is 1.68. The maximum absolute atomic E-state index is 12.4. The summed E-state index contributed by atoms with van der Waals surface area (Å²) in [5, 5.41) is 0. The molecule has 3 heteroatoms. The highest BCUT2D eigenvalue weighted by Crippen LogP contribution is 2.23. The highest BCUT2D eigenvalue weighted by Gasteiger charge is 2.10. The second kappa shape index (κ2) is 4.51. The Bertz CT molecular complexity index is 323. The summed E-state index contributed by atoms with van der Waals surface area (Å²) >= 11 is 3.22. The van der Waals surface area contributed by atoms with Crippen molar-refractivity contribution in [2.75, 3.05) is 0 Å². The summed E-state index contributed by atoms with van der Waals surface area (Å²) in [5.41, 5.74) is 1.09. The molecule has 0 atom stereocenters. The van der Waals surface area contributed by atoms with Crippen LogP contribution < -0.4 is 0 Å². The van der Waals surface area contributed by atoms with Gasteiger partial charge >= 0.3 is 0 Å². The van der Waals surface area contributed by atoms with Crippen molar-refractivity contribution >= 4 is 21.7 Å². The van der Waals surface area contributed by atoms with Crippen LogP contribution in [0.4, 0.5) is 4.39 Å². The van der Waals surface area contributed by atoms with Crippen molar-refractivity contribution < 1.29 is 9.18 Å². The summed E-state index contributed by atoms with van der Waals surface area (Å²) < 4.78 is 13.0. The predicted molar refractivity (Wildman–Crippen MR) is 53.6 cm³/mol. The first-order valence-electron chi connectivity index (χ1n) is 4.07. The minimum Gasteiger partial charge on any atom is -0.294 e. The third kappa shape index (κ3) is 2.15. The SMILES string of the molecule is CCC(=O)c1cccc(CF)c1Br. The van der Waals surface area contributed by atoms with E-state index in [0.29, 0.717) is 22.0 Å². The molecule has 0 aromatic heterocycles. The Morgan fingerprint density at radius 1 is 1.54 bits per heavy atom. The number of ketones is 1. The van der Waals surface area contributed by atoms with E-state index in [2.05, 4.69) is 15.9 Å². The standard InChI is InChI=1S/C10H10BrFO/c1-2-9(13)8-5-3-4-7(6-12)10(8)11/h3-5H,2,6H2,1H3. The van der Waals surface area contributed by atoms with Crippen LogP contribution in [0, 0.1) is 0 Å². The molecule has 0 spiro atoms. The van der Waals surface area contributed by atoms with Gasteiger partial charge in [0.05, 0.1) is 0 Å². The van der Waals surface area contributed by atoms with Gasteiger partial charge in [0.25, 0.3) is 0 Å². The van der Waals surface area contributed by atoms with E-state index in [1.807, 2.05) is 0 Å². The van der Waals surface area contributed by atoms with E-state index < -0.39 is 6.67 Å². The molecule has 1 aromatic rings. The predicted octanol–water partition coefficient (Wildman–Crippen LogP) is 3.51. The first-order chi connectivity index (χ1) is 6.20. The van der Waals surface area contributed by atoms with E-state index in [1.165, 1.54) is 0 Å². The van der Waals surface area contributed by atoms with Gasteiger partial charge in [-0.15, -0.1) is 0 Å². The topological polar surface area (TPSA) is 17.1 Å². The van der Waals surface area contributed by atoms with Crippen LogP contribution >= 0.6 is 15.9 Å². The second-order valence-electron chi connectivity index (χ2n) is 2.69. The van der Waals surface area contributed by atoms with Gasteiger partial charge in [-0.3, -0.25) is 4.79 Å². The molecule has 13 heavy (non-hydrogen) atoms. The zero-order valence-corrected chi connectivity index (χ0v) is 8.90. The lowest BCUT2D eigenvalue weighted by Crippen LogP contribution is -1.99. The fraction of sp³-hybridized carbons (Fsp3) is 0.300. The van der Waals surface area contributed by atoms with E-state index in [9.17, 15) is 9.18 Å². The minimum absolute atomic E-state index is 0.0298. The monoisotopic (exact) mass is 244 g/mol. The molecule has 0 bridgehead atoms. The van der Waals surface area contributed by atoms with Crippen molar-refractivity contribution in [2.24, 2.45) is 0 Å². The lowest BCUT2D eigenvalue weighted by atomic mass is 10.1. The summed E-state index contributed by atoms with van der Waals surface area (Å²) in [5.74, 6) is 0.0298. The van der Waals surface area contributed by atoms with Gasteiger partial charge in [0.15, 0.2) is 5.78 Å². The van der Waals surface area contributed by atoms with Gasteiger partial charge in [-0.05, 0) is 21.5 Å². The average Bonchev–Trinajstić information content (AvgIpc) is 2.17. The number of alkyl halides is 1. The van der Waals surface area contributed by atoms with Gasteiger partial charge < -0.3 is 0 Å². The maximum Gasteiger partial charge on any atom is 0.163 e. The summed E-state index contributed by atoms with van der Waals surface area (Å²) in [6, 6.07) is 5.06. The van der Waals surface area contributed by atoms with Gasteiger partial charge in [-0.1, -0.05) is 25.1 Å². The van der Waals surface area contributed by atoms with Crippen LogP contribution in [0.15, 0.2) is 22.7 Å². The molecule has 0 heterocycles. The van der Waals surface area contributed by atoms with Crippen molar-refractivity contribution in [3.63, 3.8) is 0 Å². The largest absolute Gasteiger partial charge is 0.294 e. The number of halogens is 2. The Kier molecular flexibility index (Phi) is 3.60. The smallest absolute Gasteiger partial charge is 0.163 e. The molecule has 1 rings (SSSR count). The zero-order chi connectivity index (χ0) is 9.84. The fourth-order valence-electron chi connectivity index (χ4n) is 1.09. The molecule has 0 saturated heterocycles. The molecule has 0 aliphatic carbocycles. The van der Waals surface area contributed by atoms with E-state index >= 15 is 0 Å².